The van der Waals surface area contributed by atoms with Gasteiger partial charge >= 0.3 is 0 Å². The van der Waals surface area contributed by atoms with Crippen LogP contribution in [0.5, 0.6) is 0 Å². The molecule has 0 aliphatic rings. The molecular formula is C108H76N4. The lowest BCUT2D eigenvalue weighted by Crippen LogP contribution is -2.09. The maximum Gasteiger partial charge on any atom is 0.0541 e. The van der Waals surface area contributed by atoms with Crippen LogP contribution in [0.2, 0.25) is 0 Å². The van der Waals surface area contributed by atoms with Crippen LogP contribution in [0.15, 0.2) is 461 Å². The van der Waals surface area contributed by atoms with Gasteiger partial charge in [0, 0.05) is 67.0 Å². The molecule has 0 aliphatic carbocycles. The lowest BCUT2D eigenvalue weighted by atomic mass is 9.98. The zero-order valence-electron chi connectivity index (χ0n) is 61.7. The number of hydrogen-bond acceptors (Lipinski definition) is 2. The maximum absolute atomic E-state index is 2.38. The van der Waals surface area contributed by atoms with E-state index in [0.717, 1.165) is 45.5 Å². The summed E-state index contributed by atoms with van der Waals surface area (Å²) in [6, 6.07) is 166. The van der Waals surface area contributed by atoms with E-state index in [1.54, 1.807) is 0 Å². The highest BCUT2D eigenvalue weighted by atomic mass is 15.1. The van der Waals surface area contributed by atoms with Gasteiger partial charge in [0.2, 0.25) is 0 Å². The van der Waals surface area contributed by atoms with E-state index in [1.165, 1.54) is 133 Å². The summed E-state index contributed by atoms with van der Waals surface area (Å²) in [7, 11) is 0. The van der Waals surface area contributed by atoms with Crippen LogP contribution in [-0.4, -0.2) is 9.13 Å². The molecule has 0 saturated heterocycles. The summed E-state index contributed by atoms with van der Waals surface area (Å²) >= 11 is 0. The molecule has 2 heterocycles. The first-order valence-electron chi connectivity index (χ1n) is 38.3. The molecule has 4 nitrogen and oxygen atoms in total. The fraction of sp³-hybridized carbons (Fsp3) is 0. The quantitative estimate of drug-likeness (QED) is 0.0959. The Kier molecular flexibility index (Phi) is 18.4. The molecule has 0 spiro atoms. The summed E-state index contributed by atoms with van der Waals surface area (Å²) in [5.41, 5.74) is 32.9. The molecule has 0 fully saturated rings. The smallest absolute Gasteiger partial charge is 0.0541 e. The number of hydrogen-bond donors (Lipinski definition) is 0. The number of para-hydroxylation sites is 4. The van der Waals surface area contributed by atoms with Crippen LogP contribution in [0.1, 0.15) is 0 Å². The van der Waals surface area contributed by atoms with E-state index in [2.05, 4.69) is 480 Å². The van der Waals surface area contributed by atoms with Crippen LogP contribution in [-0.2, 0) is 0 Å². The van der Waals surface area contributed by atoms with Crippen molar-refractivity contribution in [2.45, 2.75) is 0 Å². The zero-order valence-corrected chi connectivity index (χ0v) is 61.7. The van der Waals surface area contributed by atoms with Crippen molar-refractivity contribution in [1.29, 1.82) is 0 Å². The first-order chi connectivity index (χ1) is 55.5. The first kappa shape index (κ1) is 67.7. The third-order valence-corrected chi connectivity index (χ3v) is 21.6. The molecule has 18 aromatic carbocycles. The first-order valence-corrected chi connectivity index (χ1v) is 38.3. The van der Waals surface area contributed by atoms with Gasteiger partial charge in [-0.3, -0.25) is 0 Å². The fourth-order valence-corrected chi connectivity index (χ4v) is 16.0. The number of nitrogens with zero attached hydrogens (tertiary/aromatic N) is 4. The molecular weight excluding hydrogens is 1350 g/mol. The van der Waals surface area contributed by atoms with Crippen molar-refractivity contribution in [2.75, 3.05) is 9.80 Å². The lowest BCUT2D eigenvalue weighted by Gasteiger charge is -2.26. The Morgan fingerprint density at radius 1 is 0.125 bits per heavy atom. The van der Waals surface area contributed by atoms with Crippen molar-refractivity contribution in [1.82, 2.24) is 9.13 Å². The van der Waals surface area contributed by atoms with E-state index >= 15 is 0 Å². The normalized spacial score (nSPS) is 11.2. The second-order valence-corrected chi connectivity index (χ2v) is 28.4. The Morgan fingerprint density at radius 3 is 0.554 bits per heavy atom. The van der Waals surface area contributed by atoms with E-state index in [4.69, 9.17) is 0 Å². The lowest BCUT2D eigenvalue weighted by molar-refractivity contribution is 1.18. The van der Waals surface area contributed by atoms with Crippen LogP contribution < -0.4 is 9.80 Å². The second-order valence-electron chi connectivity index (χ2n) is 28.4. The molecule has 0 amide bonds. The van der Waals surface area contributed by atoms with E-state index in [-0.39, 0.29) is 0 Å². The van der Waals surface area contributed by atoms with Gasteiger partial charge < -0.3 is 18.9 Å². The van der Waals surface area contributed by atoms with Gasteiger partial charge in [0.25, 0.3) is 0 Å². The molecule has 0 bridgehead atoms. The van der Waals surface area contributed by atoms with Gasteiger partial charge in [0.1, 0.15) is 0 Å². The minimum Gasteiger partial charge on any atom is -0.311 e. The fourth-order valence-electron chi connectivity index (χ4n) is 16.0. The maximum atomic E-state index is 2.38. The summed E-state index contributed by atoms with van der Waals surface area (Å²) in [6.45, 7) is 0. The van der Waals surface area contributed by atoms with E-state index < -0.39 is 0 Å². The van der Waals surface area contributed by atoms with Crippen LogP contribution in [0.4, 0.5) is 34.1 Å². The van der Waals surface area contributed by atoms with E-state index in [0.29, 0.717) is 0 Å². The monoisotopic (exact) mass is 1430 g/mol. The van der Waals surface area contributed by atoms with Crippen molar-refractivity contribution in [3.63, 3.8) is 0 Å². The van der Waals surface area contributed by atoms with Crippen molar-refractivity contribution in [2.24, 2.45) is 0 Å². The van der Waals surface area contributed by atoms with Crippen molar-refractivity contribution >= 4 is 77.7 Å². The Bertz CT molecular complexity index is 6460. The molecule has 528 valence electrons. The third kappa shape index (κ3) is 13.6. The van der Waals surface area contributed by atoms with Crippen molar-refractivity contribution in [3.05, 3.63) is 461 Å². The molecule has 0 N–H and O–H groups in total. The SMILES string of the molecule is c1ccc(-c2ccc(-c3ccc(N(c4ccc(-c5ccccc5)cc4)c4ccc(-c5cccc(-n6c7ccccc7c7ccccc76)c5)cc4)cc3)cc2)cc1.c1ccc(-c2ccc(N(c3ccc(-c4ccccc4)cc3)c3ccc(-c4cccc(-c5cccc(-n6c7ccccc7c7ccccc76)c5)c4)cc3)cc2)cc1. The summed E-state index contributed by atoms with van der Waals surface area (Å²) < 4.78 is 4.76. The molecule has 0 unspecified atom stereocenters. The summed E-state index contributed by atoms with van der Waals surface area (Å²) in [6.07, 6.45) is 0. The average Bonchev–Trinajstić information content (AvgIpc) is 1.62. The van der Waals surface area contributed by atoms with Crippen molar-refractivity contribution < 1.29 is 0 Å². The zero-order chi connectivity index (χ0) is 74.5. The van der Waals surface area contributed by atoms with Crippen LogP contribution in [0, 0.1) is 0 Å². The summed E-state index contributed by atoms with van der Waals surface area (Å²) in [5.74, 6) is 0. The number of rotatable bonds is 16. The average molecular weight is 1430 g/mol. The molecule has 112 heavy (non-hydrogen) atoms. The Morgan fingerprint density at radius 2 is 0.295 bits per heavy atom. The molecule has 4 heteroatoms. The molecule has 2 aromatic heterocycles. The largest absolute Gasteiger partial charge is 0.311 e. The predicted molar refractivity (Wildman–Crippen MR) is 474 cm³/mol. The van der Waals surface area contributed by atoms with Gasteiger partial charge in [0.05, 0.1) is 22.1 Å². The second kappa shape index (κ2) is 30.4. The molecule has 20 rings (SSSR count). The number of fused-ring (bicyclic) bond motifs is 6. The minimum atomic E-state index is 1.10. The Labute approximate surface area is 653 Å². The van der Waals surface area contributed by atoms with Gasteiger partial charge in [0.15, 0.2) is 0 Å². The highest BCUT2D eigenvalue weighted by Crippen LogP contribution is 2.43. The molecule has 0 radical (unpaired) electrons. The van der Waals surface area contributed by atoms with Gasteiger partial charge in [-0.2, -0.15) is 0 Å². The number of anilines is 6. The topological polar surface area (TPSA) is 16.3 Å². The molecule has 0 aliphatic heterocycles. The van der Waals surface area contributed by atoms with Gasteiger partial charge in [-0.15, -0.1) is 0 Å². The Hall–Kier alpha value is -14.8. The van der Waals surface area contributed by atoms with Crippen LogP contribution >= 0.6 is 0 Å². The predicted octanol–water partition coefficient (Wildman–Crippen LogP) is 29.8. The van der Waals surface area contributed by atoms with E-state index in [1.807, 2.05) is 0 Å². The highest BCUT2D eigenvalue weighted by molar-refractivity contribution is 6.10. The Balaban J connectivity index is 0.000000151. The van der Waals surface area contributed by atoms with Gasteiger partial charge in [-0.25, -0.2) is 0 Å². The molecule has 0 saturated carbocycles. The number of aromatic nitrogens is 2. The summed E-state index contributed by atoms with van der Waals surface area (Å²) in [4.78, 5) is 4.68. The highest BCUT2D eigenvalue weighted by Gasteiger charge is 2.20. The summed E-state index contributed by atoms with van der Waals surface area (Å²) in [5, 5.41) is 5.07. The van der Waals surface area contributed by atoms with Crippen LogP contribution in [0.25, 0.3) is 144 Å². The van der Waals surface area contributed by atoms with E-state index in [9.17, 15) is 0 Å². The minimum absolute atomic E-state index is 1.10. The van der Waals surface area contributed by atoms with Gasteiger partial charge in [-0.1, -0.05) is 334 Å². The van der Waals surface area contributed by atoms with Crippen LogP contribution in [0.3, 0.4) is 0 Å². The number of benzene rings is 18. The molecule has 20 aromatic rings. The molecule has 0 atom stereocenters. The van der Waals surface area contributed by atoms with Gasteiger partial charge in [-0.05, 0) is 216 Å². The third-order valence-electron chi connectivity index (χ3n) is 21.6. The standard InChI is InChI=1S/2C54H38N2/c1-3-13-39(14-4-1)41-25-31-47(32-26-41)55(48-33-27-42(28-34-48)40-15-5-2-6-16-40)49-35-29-43(30-36-49)44-17-11-18-45(37-44)46-19-12-20-50(38-46)56-53-23-9-7-21-51(53)52-22-8-10-24-54(52)56;1-3-12-39(13-4-1)41-22-24-42(25-23-41)44-28-34-48(35-29-44)55(47-32-26-43(27-33-47)40-14-5-2-6-15-40)49-36-30-45(31-37-49)46-16-11-17-50(38-46)56-53-20-9-7-18-51(53)52-19-8-10-21-54(52)56/h2*1-38H. The van der Waals surface area contributed by atoms with Crippen molar-refractivity contribution in [3.8, 4) is 100 Å².